The predicted octanol–water partition coefficient (Wildman–Crippen LogP) is 2.97. The van der Waals surface area contributed by atoms with Gasteiger partial charge in [-0.25, -0.2) is 0 Å². The van der Waals surface area contributed by atoms with Crippen LogP contribution in [0.15, 0.2) is 34.9 Å². The third-order valence-electron chi connectivity index (χ3n) is 6.20. The summed E-state index contributed by atoms with van der Waals surface area (Å²) in [5, 5.41) is 8.52. The van der Waals surface area contributed by atoms with Crippen LogP contribution in [0.4, 0.5) is 0 Å². The van der Waals surface area contributed by atoms with E-state index in [0.717, 1.165) is 49.6 Å². The molecule has 2 saturated heterocycles. The number of hydrogen-bond acceptors (Lipinski definition) is 7. The highest BCUT2D eigenvalue weighted by Gasteiger charge is 2.30. The molecule has 1 unspecified atom stereocenters. The second-order valence-electron chi connectivity index (χ2n) is 8.41. The fourth-order valence-electron chi connectivity index (χ4n) is 4.23. The maximum Gasteiger partial charge on any atom is 0.274 e. The molecular weight excluding hydrogens is 410 g/mol. The Bertz CT molecular complexity index is 1080. The Morgan fingerprint density at radius 1 is 1.19 bits per heavy atom. The van der Waals surface area contributed by atoms with Crippen molar-refractivity contribution >= 4 is 5.91 Å². The molecule has 4 heterocycles. The van der Waals surface area contributed by atoms with E-state index in [4.69, 9.17) is 14.0 Å². The molecule has 0 spiro atoms. The molecule has 0 aliphatic carbocycles. The molecule has 2 aliphatic heterocycles. The summed E-state index contributed by atoms with van der Waals surface area (Å²) in [5.74, 6) is 2.06. The summed E-state index contributed by atoms with van der Waals surface area (Å²) in [4.78, 5) is 19.2. The van der Waals surface area contributed by atoms with Crippen molar-refractivity contribution in [3.8, 4) is 17.2 Å². The lowest BCUT2D eigenvalue weighted by atomic mass is 10.00. The lowest BCUT2D eigenvalue weighted by Crippen LogP contribution is -2.31. The summed E-state index contributed by atoms with van der Waals surface area (Å²) in [6.45, 7) is 4.53. The number of rotatable bonds is 5. The van der Waals surface area contributed by atoms with Gasteiger partial charge in [0.05, 0.1) is 12.1 Å². The van der Waals surface area contributed by atoms with Gasteiger partial charge >= 0.3 is 0 Å². The zero-order valence-electron chi connectivity index (χ0n) is 18.4. The molecule has 1 atom stereocenters. The van der Waals surface area contributed by atoms with E-state index in [1.165, 1.54) is 0 Å². The Morgan fingerprint density at radius 2 is 2.00 bits per heavy atom. The van der Waals surface area contributed by atoms with Gasteiger partial charge < -0.3 is 18.9 Å². The lowest BCUT2D eigenvalue weighted by Gasteiger charge is -2.18. The molecule has 2 aromatic heterocycles. The van der Waals surface area contributed by atoms with Crippen molar-refractivity contribution in [3.05, 3.63) is 47.5 Å². The molecule has 0 N–H and O–H groups in total. The Kier molecular flexibility index (Phi) is 5.65. The van der Waals surface area contributed by atoms with Gasteiger partial charge in [0.25, 0.3) is 11.8 Å². The minimum atomic E-state index is -0.109. The van der Waals surface area contributed by atoms with Crippen LogP contribution in [0.25, 0.3) is 11.5 Å². The number of carbonyl (C=O) groups excluding carboxylic acids is 1. The summed E-state index contributed by atoms with van der Waals surface area (Å²) in [5.41, 5.74) is 2.19. The van der Waals surface area contributed by atoms with Crippen molar-refractivity contribution in [2.45, 2.75) is 38.2 Å². The minimum Gasteiger partial charge on any atom is -0.488 e. The summed E-state index contributed by atoms with van der Waals surface area (Å²) in [6.07, 6.45) is 2.45. The average Bonchev–Trinajstić information content (AvgIpc) is 3.55. The fourth-order valence-corrected chi connectivity index (χ4v) is 4.23. The number of aromatic nitrogens is 4. The van der Waals surface area contributed by atoms with Gasteiger partial charge in [-0.3, -0.25) is 9.48 Å². The molecule has 1 amide bonds. The van der Waals surface area contributed by atoms with Crippen LogP contribution in [0.5, 0.6) is 5.75 Å². The van der Waals surface area contributed by atoms with Crippen LogP contribution in [0.1, 0.15) is 47.2 Å². The molecule has 0 saturated carbocycles. The SMILES string of the molecule is Cc1cc(C(=O)N2CCC(Oc3ccccc3-c3nc(C4CCOCC4)no3)C2)nn1C. The quantitative estimate of drug-likeness (QED) is 0.605. The van der Waals surface area contributed by atoms with Crippen LogP contribution >= 0.6 is 0 Å². The Labute approximate surface area is 186 Å². The van der Waals surface area contributed by atoms with Gasteiger partial charge in [0, 0.05) is 44.8 Å². The molecule has 0 bridgehead atoms. The van der Waals surface area contributed by atoms with Crippen molar-refractivity contribution in [2.75, 3.05) is 26.3 Å². The molecule has 0 radical (unpaired) electrons. The number of para-hydroxylation sites is 1. The highest BCUT2D eigenvalue weighted by atomic mass is 16.5. The highest BCUT2D eigenvalue weighted by molar-refractivity contribution is 5.92. The third-order valence-corrected chi connectivity index (χ3v) is 6.20. The molecule has 2 aliphatic rings. The van der Waals surface area contributed by atoms with Gasteiger partial charge in [0.1, 0.15) is 11.9 Å². The molecule has 1 aromatic carbocycles. The van der Waals surface area contributed by atoms with Crippen LogP contribution in [0, 0.1) is 6.92 Å². The molecule has 5 rings (SSSR count). The number of ether oxygens (including phenoxy) is 2. The molecule has 9 heteroatoms. The van der Waals surface area contributed by atoms with Crippen molar-refractivity contribution in [1.29, 1.82) is 0 Å². The van der Waals surface area contributed by atoms with Crippen LogP contribution < -0.4 is 4.74 Å². The van der Waals surface area contributed by atoms with E-state index in [9.17, 15) is 4.79 Å². The normalized spacial score (nSPS) is 19.4. The summed E-state index contributed by atoms with van der Waals surface area (Å²) >= 11 is 0. The van der Waals surface area contributed by atoms with Crippen LogP contribution in [0.3, 0.4) is 0 Å². The zero-order chi connectivity index (χ0) is 22.1. The van der Waals surface area contributed by atoms with Crippen molar-refractivity contribution in [3.63, 3.8) is 0 Å². The maximum absolute atomic E-state index is 12.8. The molecule has 168 valence electrons. The standard InChI is InChI=1S/C23H27N5O4/c1-15-13-19(25-27(15)2)23(29)28-10-7-17(14-28)31-20-6-4-3-5-18(20)22-24-21(26-32-22)16-8-11-30-12-9-16/h3-6,13,16-17H,7-12,14H2,1-2H3. The zero-order valence-corrected chi connectivity index (χ0v) is 18.4. The number of nitrogens with zero attached hydrogens (tertiary/aromatic N) is 5. The van der Waals surface area contributed by atoms with E-state index in [1.807, 2.05) is 44.3 Å². The van der Waals surface area contributed by atoms with E-state index in [0.29, 0.717) is 30.4 Å². The number of benzene rings is 1. The Morgan fingerprint density at radius 3 is 2.78 bits per heavy atom. The molecular formula is C23H27N5O4. The van der Waals surface area contributed by atoms with Gasteiger partial charge in [-0.1, -0.05) is 17.3 Å². The number of likely N-dealkylation sites (tertiary alicyclic amines) is 1. The Hall–Kier alpha value is -3.20. The second kappa shape index (κ2) is 8.74. The first-order chi connectivity index (χ1) is 15.6. The molecule has 32 heavy (non-hydrogen) atoms. The molecule has 3 aromatic rings. The number of hydrogen-bond donors (Lipinski definition) is 0. The van der Waals surface area contributed by atoms with Crippen molar-refractivity contribution in [1.82, 2.24) is 24.8 Å². The number of carbonyl (C=O) groups is 1. The average molecular weight is 438 g/mol. The fraction of sp³-hybridized carbons (Fsp3) is 0.478. The van der Waals surface area contributed by atoms with Crippen molar-refractivity contribution < 1.29 is 18.8 Å². The first-order valence-electron chi connectivity index (χ1n) is 11.1. The first kappa shape index (κ1) is 20.7. The topological polar surface area (TPSA) is 95.5 Å². The largest absolute Gasteiger partial charge is 0.488 e. The number of aryl methyl sites for hydroxylation is 2. The molecule has 2 fully saturated rings. The Balaban J connectivity index is 1.28. The van der Waals surface area contributed by atoms with Gasteiger partial charge in [0.15, 0.2) is 11.5 Å². The first-order valence-corrected chi connectivity index (χ1v) is 11.1. The van der Waals surface area contributed by atoms with Gasteiger partial charge in [-0.2, -0.15) is 10.1 Å². The highest BCUT2D eigenvalue weighted by Crippen LogP contribution is 2.33. The maximum atomic E-state index is 12.8. The van der Waals surface area contributed by atoms with E-state index >= 15 is 0 Å². The van der Waals surface area contributed by atoms with Crippen molar-refractivity contribution in [2.24, 2.45) is 7.05 Å². The summed E-state index contributed by atoms with van der Waals surface area (Å²) < 4.78 is 19.0. The van der Waals surface area contributed by atoms with E-state index < -0.39 is 0 Å². The van der Waals surface area contributed by atoms with Gasteiger partial charge in [-0.15, -0.1) is 0 Å². The van der Waals surface area contributed by atoms with E-state index in [1.54, 1.807) is 9.58 Å². The van der Waals surface area contributed by atoms with Crippen LogP contribution in [-0.4, -0.2) is 63.1 Å². The number of amides is 1. The van der Waals surface area contributed by atoms with Gasteiger partial charge in [0.2, 0.25) is 0 Å². The lowest BCUT2D eigenvalue weighted by molar-refractivity contribution is 0.0766. The third kappa shape index (κ3) is 4.12. The van der Waals surface area contributed by atoms with Crippen LogP contribution in [0.2, 0.25) is 0 Å². The van der Waals surface area contributed by atoms with E-state index in [2.05, 4.69) is 15.2 Å². The van der Waals surface area contributed by atoms with Crippen LogP contribution in [-0.2, 0) is 11.8 Å². The monoisotopic (exact) mass is 437 g/mol. The predicted molar refractivity (Wildman–Crippen MR) is 115 cm³/mol. The molecule has 9 nitrogen and oxygen atoms in total. The summed E-state index contributed by atoms with van der Waals surface area (Å²) in [7, 11) is 1.84. The minimum absolute atomic E-state index is 0.0638. The summed E-state index contributed by atoms with van der Waals surface area (Å²) in [6, 6.07) is 9.49. The smallest absolute Gasteiger partial charge is 0.274 e. The van der Waals surface area contributed by atoms with E-state index in [-0.39, 0.29) is 17.9 Å². The second-order valence-corrected chi connectivity index (χ2v) is 8.41. The van der Waals surface area contributed by atoms with Gasteiger partial charge in [-0.05, 0) is 38.0 Å².